The van der Waals surface area contributed by atoms with E-state index >= 15 is 0 Å². The fourth-order valence-corrected chi connectivity index (χ4v) is 3.20. The molecule has 0 unspecified atom stereocenters. The van der Waals surface area contributed by atoms with Crippen LogP contribution in [0.3, 0.4) is 0 Å². The first-order chi connectivity index (χ1) is 13.2. The molecule has 0 saturated heterocycles. The second-order valence-electron chi connectivity index (χ2n) is 6.42. The summed E-state index contributed by atoms with van der Waals surface area (Å²) in [5.74, 6) is 0.542. The number of pyridine rings is 2. The van der Waals surface area contributed by atoms with Crippen LogP contribution >= 0.6 is 0 Å². The van der Waals surface area contributed by atoms with Gasteiger partial charge in [0, 0.05) is 42.5 Å². The number of benzene rings is 1. The minimum absolute atomic E-state index is 0.0175. The van der Waals surface area contributed by atoms with Gasteiger partial charge in [0.05, 0.1) is 13.0 Å². The second-order valence-corrected chi connectivity index (χ2v) is 6.42. The highest BCUT2D eigenvalue weighted by Gasteiger charge is 2.23. The number of phenolic OH excluding ortho intramolecular Hbond substituents is 1. The first-order valence-electron chi connectivity index (χ1n) is 8.76. The van der Waals surface area contributed by atoms with Crippen LogP contribution in [0.4, 0.5) is 0 Å². The fourth-order valence-electron chi connectivity index (χ4n) is 3.20. The van der Waals surface area contributed by atoms with Crippen LogP contribution in [0.15, 0.2) is 61.2 Å². The van der Waals surface area contributed by atoms with Gasteiger partial charge >= 0.3 is 0 Å². The number of nitrogens with zero attached hydrogens (tertiary/aromatic N) is 3. The zero-order valence-corrected chi connectivity index (χ0v) is 14.7. The summed E-state index contributed by atoms with van der Waals surface area (Å²) in [6, 6.07) is 11.1. The normalized spacial score (nSPS) is 13.4. The summed E-state index contributed by atoms with van der Waals surface area (Å²) in [4.78, 5) is 22.6. The topological polar surface area (TPSA) is 75.6 Å². The van der Waals surface area contributed by atoms with Gasteiger partial charge in [0.2, 0.25) is 5.91 Å². The Morgan fingerprint density at radius 2 is 1.96 bits per heavy atom. The van der Waals surface area contributed by atoms with Crippen molar-refractivity contribution in [3.8, 4) is 22.6 Å². The van der Waals surface area contributed by atoms with Gasteiger partial charge in [-0.3, -0.25) is 14.8 Å². The molecule has 0 spiro atoms. The molecular weight excluding hydrogens is 342 g/mol. The highest BCUT2D eigenvalue weighted by molar-refractivity contribution is 5.79. The highest BCUT2D eigenvalue weighted by Crippen LogP contribution is 2.37. The van der Waals surface area contributed by atoms with Crippen molar-refractivity contribution in [2.24, 2.45) is 0 Å². The average molecular weight is 361 g/mol. The van der Waals surface area contributed by atoms with Gasteiger partial charge in [-0.25, -0.2) is 0 Å². The molecule has 4 rings (SSSR count). The Morgan fingerprint density at radius 3 is 2.74 bits per heavy atom. The van der Waals surface area contributed by atoms with Crippen molar-refractivity contribution in [1.82, 2.24) is 14.9 Å². The standard InChI is InChI=1S/C21H19N3O3/c25-19-12-17(16-2-1-5-23-13-16)11-18-14-24(8-9-27-21(18)19)20(26)10-15-3-6-22-7-4-15/h1-7,11-13,25H,8-10,14H2. The van der Waals surface area contributed by atoms with Crippen LogP contribution in [0.5, 0.6) is 11.5 Å². The zero-order chi connectivity index (χ0) is 18.6. The lowest BCUT2D eigenvalue weighted by Crippen LogP contribution is -2.33. The van der Waals surface area contributed by atoms with Crippen molar-refractivity contribution < 1.29 is 14.6 Å². The summed E-state index contributed by atoms with van der Waals surface area (Å²) < 4.78 is 5.73. The zero-order valence-electron chi connectivity index (χ0n) is 14.7. The van der Waals surface area contributed by atoms with Crippen molar-refractivity contribution in [3.63, 3.8) is 0 Å². The lowest BCUT2D eigenvalue weighted by molar-refractivity contribution is -0.131. The molecule has 1 aromatic carbocycles. The van der Waals surface area contributed by atoms with E-state index in [1.165, 1.54) is 0 Å². The van der Waals surface area contributed by atoms with Gasteiger partial charge in [-0.05, 0) is 41.5 Å². The Morgan fingerprint density at radius 1 is 1.11 bits per heavy atom. The van der Waals surface area contributed by atoms with Gasteiger partial charge in [-0.15, -0.1) is 0 Å². The van der Waals surface area contributed by atoms with Gasteiger partial charge in [0.25, 0.3) is 0 Å². The summed E-state index contributed by atoms with van der Waals surface area (Å²) >= 11 is 0. The summed E-state index contributed by atoms with van der Waals surface area (Å²) in [5, 5.41) is 10.4. The van der Waals surface area contributed by atoms with Crippen LogP contribution < -0.4 is 4.74 Å². The summed E-state index contributed by atoms with van der Waals surface area (Å²) in [6.45, 7) is 1.20. The van der Waals surface area contributed by atoms with Crippen molar-refractivity contribution in [2.75, 3.05) is 13.2 Å². The van der Waals surface area contributed by atoms with Crippen LogP contribution in [-0.2, 0) is 17.8 Å². The van der Waals surface area contributed by atoms with E-state index in [0.717, 1.165) is 22.3 Å². The van der Waals surface area contributed by atoms with Crippen LogP contribution in [0.25, 0.3) is 11.1 Å². The van der Waals surface area contributed by atoms with Gasteiger partial charge < -0.3 is 14.7 Å². The number of hydrogen-bond acceptors (Lipinski definition) is 5. The molecule has 1 N–H and O–H groups in total. The number of rotatable bonds is 3. The number of hydrogen-bond donors (Lipinski definition) is 1. The molecule has 3 heterocycles. The van der Waals surface area contributed by atoms with Crippen LogP contribution in [0.2, 0.25) is 0 Å². The Labute approximate surface area is 157 Å². The lowest BCUT2D eigenvalue weighted by atomic mass is 10.0. The van der Waals surface area contributed by atoms with Crippen LogP contribution in [-0.4, -0.2) is 39.0 Å². The predicted octanol–water partition coefficient (Wildman–Crippen LogP) is 2.81. The number of aromatic nitrogens is 2. The second kappa shape index (κ2) is 7.45. The highest BCUT2D eigenvalue weighted by atomic mass is 16.5. The van der Waals surface area contributed by atoms with Gasteiger partial charge in [0.1, 0.15) is 6.61 Å². The maximum absolute atomic E-state index is 12.7. The average Bonchev–Trinajstić information content (AvgIpc) is 2.92. The van der Waals surface area contributed by atoms with Crippen LogP contribution in [0.1, 0.15) is 11.1 Å². The lowest BCUT2D eigenvalue weighted by Gasteiger charge is -2.20. The SMILES string of the molecule is O=C(Cc1ccncc1)N1CCOc2c(O)cc(-c3cccnc3)cc2C1. The Bertz CT molecular complexity index is 946. The van der Waals surface area contributed by atoms with E-state index in [2.05, 4.69) is 9.97 Å². The first kappa shape index (κ1) is 17.0. The van der Waals surface area contributed by atoms with E-state index in [1.807, 2.05) is 30.3 Å². The molecule has 1 aliphatic heterocycles. The first-order valence-corrected chi connectivity index (χ1v) is 8.76. The van der Waals surface area contributed by atoms with Crippen molar-refractivity contribution in [3.05, 3.63) is 72.3 Å². The fraction of sp³-hybridized carbons (Fsp3) is 0.190. The number of amides is 1. The quantitative estimate of drug-likeness (QED) is 0.776. The molecule has 27 heavy (non-hydrogen) atoms. The van der Waals surface area contributed by atoms with Crippen molar-refractivity contribution >= 4 is 5.91 Å². The molecule has 0 fully saturated rings. The molecule has 1 aliphatic rings. The molecule has 6 heteroatoms. The summed E-state index contributed by atoms with van der Waals surface area (Å²) in [6.07, 6.45) is 7.12. The third kappa shape index (κ3) is 3.74. The maximum atomic E-state index is 12.7. The number of aromatic hydroxyl groups is 1. The predicted molar refractivity (Wildman–Crippen MR) is 100 cm³/mol. The molecule has 0 saturated carbocycles. The molecule has 0 aliphatic carbocycles. The molecule has 0 radical (unpaired) electrons. The van der Waals surface area contributed by atoms with Gasteiger partial charge in [-0.2, -0.15) is 0 Å². The number of carbonyl (C=O) groups is 1. The summed E-state index contributed by atoms with van der Waals surface area (Å²) in [7, 11) is 0. The number of carbonyl (C=O) groups excluding carboxylic acids is 1. The molecule has 6 nitrogen and oxygen atoms in total. The third-order valence-corrected chi connectivity index (χ3v) is 4.57. The van der Waals surface area contributed by atoms with Gasteiger partial charge in [-0.1, -0.05) is 6.07 Å². The number of fused-ring (bicyclic) bond motifs is 1. The molecule has 0 atom stereocenters. The van der Waals surface area contributed by atoms with E-state index in [4.69, 9.17) is 4.74 Å². The molecule has 3 aromatic rings. The molecule has 136 valence electrons. The van der Waals surface area contributed by atoms with Gasteiger partial charge in [0.15, 0.2) is 11.5 Å². The third-order valence-electron chi connectivity index (χ3n) is 4.57. The van der Waals surface area contributed by atoms with Crippen molar-refractivity contribution in [1.29, 1.82) is 0 Å². The molecule has 2 aromatic heterocycles. The van der Waals surface area contributed by atoms with Crippen LogP contribution in [0, 0.1) is 0 Å². The largest absolute Gasteiger partial charge is 0.504 e. The number of ether oxygens (including phenoxy) is 1. The maximum Gasteiger partial charge on any atom is 0.227 e. The Hall–Kier alpha value is -3.41. The minimum atomic E-state index is 0.0175. The smallest absolute Gasteiger partial charge is 0.227 e. The Balaban J connectivity index is 1.61. The van der Waals surface area contributed by atoms with E-state index in [0.29, 0.717) is 31.9 Å². The molecular formula is C21H19N3O3. The molecule has 1 amide bonds. The summed E-state index contributed by atoms with van der Waals surface area (Å²) in [5.41, 5.74) is 3.45. The Kier molecular flexibility index (Phi) is 4.70. The van der Waals surface area contributed by atoms with E-state index in [-0.39, 0.29) is 11.7 Å². The van der Waals surface area contributed by atoms with E-state index in [9.17, 15) is 9.90 Å². The molecule has 0 bridgehead atoms. The van der Waals surface area contributed by atoms with Crippen molar-refractivity contribution in [2.45, 2.75) is 13.0 Å². The number of phenols is 1. The van der Waals surface area contributed by atoms with E-state index in [1.54, 1.807) is 35.8 Å². The van der Waals surface area contributed by atoms with E-state index < -0.39 is 0 Å². The minimum Gasteiger partial charge on any atom is -0.504 e. The monoisotopic (exact) mass is 361 g/mol.